The number of nitro benzene ring substituents is 1. The van der Waals surface area contributed by atoms with Crippen molar-refractivity contribution >= 4 is 21.4 Å². The van der Waals surface area contributed by atoms with Crippen LogP contribution in [0.5, 0.6) is 0 Å². The molecule has 0 bridgehead atoms. The first kappa shape index (κ1) is 14.7. The molecule has 110 valence electrons. The molecule has 2 rings (SSSR count). The lowest BCUT2D eigenvalue weighted by Gasteiger charge is -2.11. The molecule has 1 aliphatic carbocycles. The standard InChI is InChI=1S/C11H16N4O4S/c1-11(4-5-11)7-13-20(18,19)10-3-2-8(14-12)6-9(10)15(16)17/h2-3,6,13-14H,4-5,7,12H2,1H3. The lowest BCUT2D eigenvalue weighted by atomic mass is 10.2. The summed E-state index contributed by atoms with van der Waals surface area (Å²) in [6, 6.07) is 3.64. The minimum absolute atomic E-state index is 0.0272. The number of nitrogen functional groups attached to an aromatic ring is 1. The fourth-order valence-electron chi connectivity index (χ4n) is 1.71. The highest BCUT2D eigenvalue weighted by atomic mass is 32.2. The first-order chi connectivity index (χ1) is 9.27. The van der Waals surface area contributed by atoms with Crippen molar-refractivity contribution in [2.75, 3.05) is 12.0 Å². The summed E-state index contributed by atoms with van der Waals surface area (Å²) in [6.45, 7) is 2.24. The Morgan fingerprint density at radius 2 is 2.10 bits per heavy atom. The van der Waals surface area contributed by atoms with Crippen molar-refractivity contribution in [3.8, 4) is 0 Å². The normalized spacial score (nSPS) is 16.7. The Bertz CT molecular complexity index is 640. The van der Waals surface area contributed by atoms with Gasteiger partial charge in [0.15, 0.2) is 4.90 Å². The first-order valence-corrected chi connectivity index (χ1v) is 7.50. The number of hydrazine groups is 1. The average Bonchev–Trinajstić information content (AvgIpc) is 3.14. The minimum Gasteiger partial charge on any atom is -0.324 e. The van der Waals surface area contributed by atoms with Crippen LogP contribution in [0, 0.1) is 15.5 Å². The second-order valence-corrected chi connectivity index (χ2v) is 6.95. The minimum atomic E-state index is -3.91. The van der Waals surface area contributed by atoms with Crippen molar-refractivity contribution in [3.05, 3.63) is 28.3 Å². The molecule has 1 aliphatic rings. The number of anilines is 1. The molecule has 1 saturated carbocycles. The summed E-state index contributed by atoms with van der Waals surface area (Å²) >= 11 is 0. The molecule has 4 N–H and O–H groups in total. The van der Waals surface area contributed by atoms with Gasteiger partial charge in [-0.2, -0.15) is 0 Å². The zero-order chi connectivity index (χ0) is 15.0. The summed E-state index contributed by atoms with van der Waals surface area (Å²) in [4.78, 5) is 9.90. The van der Waals surface area contributed by atoms with Gasteiger partial charge in [-0.25, -0.2) is 13.1 Å². The van der Waals surface area contributed by atoms with Crippen LogP contribution in [0.3, 0.4) is 0 Å². The summed E-state index contributed by atoms with van der Waals surface area (Å²) < 4.78 is 26.8. The fraction of sp³-hybridized carbons (Fsp3) is 0.455. The maximum Gasteiger partial charge on any atom is 0.291 e. The van der Waals surface area contributed by atoms with Crippen molar-refractivity contribution in [2.24, 2.45) is 11.3 Å². The third-order valence-electron chi connectivity index (χ3n) is 3.40. The molecule has 0 unspecified atom stereocenters. The summed E-state index contributed by atoms with van der Waals surface area (Å²) in [6.07, 6.45) is 1.90. The number of hydrogen-bond acceptors (Lipinski definition) is 6. The second-order valence-electron chi connectivity index (χ2n) is 5.22. The van der Waals surface area contributed by atoms with Crippen LogP contribution in [0.4, 0.5) is 11.4 Å². The molecule has 0 aromatic heterocycles. The number of nitrogens with zero attached hydrogens (tertiary/aromatic N) is 1. The molecule has 0 amide bonds. The van der Waals surface area contributed by atoms with E-state index in [9.17, 15) is 18.5 Å². The topological polar surface area (TPSA) is 127 Å². The summed E-state index contributed by atoms with van der Waals surface area (Å²) in [5.74, 6) is 5.16. The predicted octanol–water partition coefficient (Wildman–Crippen LogP) is 0.959. The molecule has 0 heterocycles. The van der Waals surface area contributed by atoms with Crippen LogP contribution < -0.4 is 16.0 Å². The molecule has 0 aliphatic heterocycles. The van der Waals surface area contributed by atoms with Crippen molar-refractivity contribution in [2.45, 2.75) is 24.7 Å². The van der Waals surface area contributed by atoms with E-state index < -0.39 is 20.6 Å². The van der Waals surface area contributed by atoms with Crippen molar-refractivity contribution in [1.82, 2.24) is 4.72 Å². The number of nitrogens with two attached hydrogens (primary N) is 1. The number of benzene rings is 1. The molecule has 1 aromatic rings. The molecule has 8 nitrogen and oxygen atoms in total. The van der Waals surface area contributed by atoms with E-state index in [1.807, 2.05) is 6.92 Å². The second kappa shape index (κ2) is 5.00. The molecule has 0 spiro atoms. The van der Waals surface area contributed by atoms with Gasteiger partial charge in [-0.1, -0.05) is 6.92 Å². The third-order valence-corrected chi connectivity index (χ3v) is 4.85. The molecule has 0 atom stereocenters. The van der Waals surface area contributed by atoms with Gasteiger partial charge in [0.05, 0.1) is 10.6 Å². The highest BCUT2D eigenvalue weighted by molar-refractivity contribution is 7.89. The van der Waals surface area contributed by atoms with Gasteiger partial charge < -0.3 is 5.43 Å². The van der Waals surface area contributed by atoms with Gasteiger partial charge in [0.2, 0.25) is 10.0 Å². The van der Waals surface area contributed by atoms with E-state index in [-0.39, 0.29) is 22.5 Å². The molecule has 1 fully saturated rings. The van der Waals surface area contributed by atoms with Gasteiger partial charge in [-0.15, -0.1) is 0 Å². The van der Waals surface area contributed by atoms with Crippen molar-refractivity contribution in [1.29, 1.82) is 0 Å². The molecule has 0 saturated heterocycles. The average molecular weight is 300 g/mol. The van der Waals surface area contributed by atoms with Gasteiger partial charge in [0, 0.05) is 12.6 Å². The quantitative estimate of drug-likeness (QED) is 0.408. The Kier molecular flexibility index (Phi) is 3.67. The highest BCUT2D eigenvalue weighted by Gasteiger charge is 2.38. The van der Waals surface area contributed by atoms with Crippen molar-refractivity contribution in [3.63, 3.8) is 0 Å². The van der Waals surface area contributed by atoms with Crippen LogP contribution in [0.25, 0.3) is 0 Å². The maximum absolute atomic E-state index is 12.2. The van der Waals surface area contributed by atoms with Gasteiger partial charge in [0.25, 0.3) is 5.69 Å². The van der Waals surface area contributed by atoms with Crippen LogP contribution in [0.2, 0.25) is 0 Å². The lowest BCUT2D eigenvalue weighted by Crippen LogP contribution is -2.29. The fourth-order valence-corrected chi connectivity index (χ4v) is 3.06. The molecular weight excluding hydrogens is 284 g/mol. The first-order valence-electron chi connectivity index (χ1n) is 6.02. The Hall–Kier alpha value is -1.71. The third kappa shape index (κ3) is 3.06. The summed E-state index contributed by atoms with van der Waals surface area (Å²) in [5, 5.41) is 11.0. The SMILES string of the molecule is CC1(CNS(=O)(=O)c2ccc(NN)cc2[N+](=O)[O-])CC1. The van der Waals surface area contributed by atoms with Crippen molar-refractivity contribution < 1.29 is 13.3 Å². The number of sulfonamides is 1. The van der Waals surface area contributed by atoms with Crippen LogP contribution in [-0.4, -0.2) is 19.9 Å². The molecule has 9 heteroatoms. The Morgan fingerprint density at radius 3 is 2.60 bits per heavy atom. The number of rotatable bonds is 6. The summed E-state index contributed by atoms with van der Waals surface area (Å²) in [5.41, 5.74) is 1.98. The maximum atomic E-state index is 12.2. The van der Waals surface area contributed by atoms with E-state index in [0.717, 1.165) is 18.9 Å². The van der Waals surface area contributed by atoms with Crippen LogP contribution in [-0.2, 0) is 10.0 Å². The number of hydrogen-bond donors (Lipinski definition) is 3. The Labute approximate surface area is 116 Å². The highest BCUT2D eigenvalue weighted by Crippen LogP contribution is 2.44. The van der Waals surface area contributed by atoms with Crippen LogP contribution >= 0.6 is 0 Å². The molecule has 20 heavy (non-hydrogen) atoms. The zero-order valence-electron chi connectivity index (χ0n) is 10.9. The van der Waals surface area contributed by atoms with E-state index in [2.05, 4.69) is 10.1 Å². The Morgan fingerprint density at radius 1 is 1.45 bits per heavy atom. The van der Waals surface area contributed by atoms with Gasteiger partial charge in [-0.05, 0) is 30.4 Å². The van der Waals surface area contributed by atoms with Gasteiger partial charge in [-0.3, -0.25) is 16.0 Å². The largest absolute Gasteiger partial charge is 0.324 e. The molecular formula is C11H16N4O4S. The van der Waals surface area contributed by atoms with Crippen LogP contribution in [0.15, 0.2) is 23.1 Å². The smallest absolute Gasteiger partial charge is 0.291 e. The Balaban J connectivity index is 2.32. The predicted molar refractivity (Wildman–Crippen MR) is 73.4 cm³/mol. The zero-order valence-corrected chi connectivity index (χ0v) is 11.7. The monoisotopic (exact) mass is 300 g/mol. The summed E-state index contributed by atoms with van der Waals surface area (Å²) in [7, 11) is -3.91. The van der Waals surface area contributed by atoms with E-state index in [1.54, 1.807) is 0 Å². The van der Waals surface area contributed by atoms with E-state index >= 15 is 0 Å². The van der Waals surface area contributed by atoms with Gasteiger partial charge >= 0.3 is 0 Å². The van der Waals surface area contributed by atoms with E-state index in [4.69, 9.17) is 5.84 Å². The van der Waals surface area contributed by atoms with E-state index in [1.165, 1.54) is 12.1 Å². The van der Waals surface area contributed by atoms with E-state index in [0.29, 0.717) is 0 Å². The molecule has 1 aromatic carbocycles. The lowest BCUT2D eigenvalue weighted by molar-refractivity contribution is -0.387. The molecule has 0 radical (unpaired) electrons. The van der Waals surface area contributed by atoms with Gasteiger partial charge in [0.1, 0.15) is 0 Å². The van der Waals surface area contributed by atoms with Crippen LogP contribution in [0.1, 0.15) is 19.8 Å². The number of nitro groups is 1. The number of nitrogens with one attached hydrogen (secondary N) is 2.